The van der Waals surface area contributed by atoms with Gasteiger partial charge in [-0.25, -0.2) is 4.39 Å². The number of aliphatic hydroxyl groups is 1. The molecule has 0 atom stereocenters. The average Bonchev–Trinajstić information content (AvgIpc) is 3.14. The summed E-state index contributed by atoms with van der Waals surface area (Å²) >= 11 is 0. The van der Waals surface area contributed by atoms with Crippen molar-refractivity contribution >= 4 is 0 Å². The van der Waals surface area contributed by atoms with E-state index in [2.05, 4.69) is 4.90 Å². The van der Waals surface area contributed by atoms with Gasteiger partial charge in [0.2, 0.25) is 0 Å². The highest BCUT2D eigenvalue weighted by molar-refractivity contribution is 5.32. The predicted octanol–water partition coefficient (Wildman–Crippen LogP) is 1.65. The summed E-state index contributed by atoms with van der Waals surface area (Å²) < 4.78 is 13.7. The van der Waals surface area contributed by atoms with E-state index in [0.717, 1.165) is 12.8 Å². The molecule has 90 valence electrons. The third kappa shape index (κ3) is 3.02. The van der Waals surface area contributed by atoms with Gasteiger partial charge < -0.3 is 5.11 Å². The lowest BCUT2D eigenvalue weighted by molar-refractivity contribution is 0.182. The molecule has 0 bridgehead atoms. The van der Waals surface area contributed by atoms with E-state index in [1.54, 1.807) is 12.1 Å². The molecule has 0 spiro atoms. The van der Waals surface area contributed by atoms with Crippen LogP contribution in [0.1, 0.15) is 24.0 Å². The Morgan fingerprint density at radius 3 is 2.76 bits per heavy atom. The average molecular weight is 234 g/mol. The van der Waals surface area contributed by atoms with Gasteiger partial charge in [-0.3, -0.25) is 4.90 Å². The van der Waals surface area contributed by atoms with Gasteiger partial charge in [0.1, 0.15) is 5.82 Å². The molecule has 1 aromatic carbocycles. The van der Waals surface area contributed by atoms with E-state index in [1.165, 1.54) is 6.07 Å². The van der Waals surface area contributed by atoms with Crippen molar-refractivity contribution < 1.29 is 9.50 Å². The van der Waals surface area contributed by atoms with Crippen molar-refractivity contribution in [3.05, 3.63) is 35.1 Å². The summed E-state index contributed by atoms with van der Waals surface area (Å²) in [4.78, 5) is 2.09. The van der Waals surface area contributed by atoms with Gasteiger partial charge in [-0.05, 0) is 25.0 Å². The highest BCUT2D eigenvalue weighted by Gasteiger charge is 2.28. The molecule has 0 heterocycles. The van der Waals surface area contributed by atoms with Gasteiger partial charge >= 0.3 is 0 Å². The first-order valence-corrected chi connectivity index (χ1v) is 5.78. The fourth-order valence-corrected chi connectivity index (χ4v) is 1.92. The zero-order valence-corrected chi connectivity index (χ0v) is 9.56. The largest absolute Gasteiger partial charge is 0.395 e. The predicted molar refractivity (Wildman–Crippen MR) is 61.6 cm³/mol. The summed E-state index contributed by atoms with van der Waals surface area (Å²) in [5.74, 6) is -0.340. The summed E-state index contributed by atoms with van der Waals surface area (Å²) in [6.45, 7) is 1.17. The standard InChI is InChI=1S/C13H15FN2O/c14-13-7-10(8-15)1-2-11(13)9-16(5-6-17)12-3-4-12/h1-2,7,12,17H,3-6,9H2. The number of benzene rings is 1. The second kappa shape index (κ2) is 5.26. The molecule has 0 radical (unpaired) electrons. The Kier molecular flexibility index (Phi) is 3.72. The summed E-state index contributed by atoms with van der Waals surface area (Å²) in [6, 6.07) is 6.94. The van der Waals surface area contributed by atoms with Gasteiger partial charge in [0.25, 0.3) is 0 Å². The second-order valence-electron chi connectivity index (χ2n) is 4.34. The molecule has 0 aliphatic heterocycles. The van der Waals surface area contributed by atoms with Crippen LogP contribution in [0.5, 0.6) is 0 Å². The van der Waals surface area contributed by atoms with Gasteiger partial charge in [0.15, 0.2) is 0 Å². The Hall–Kier alpha value is -1.44. The Balaban J connectivity index is 2.09. The molecule has 1 N–H and O–H groups in total. The molecule has 1 fully saturated rings. The summed E-state index contributed by atoms with van der Waals surface area (Å²) in [5, 5.41) is 17.6. The topological polar surface area (TPSA) is 47.3 Å². The minimum Gasteiger partial charge on any atom is -0.395 e. The lowest BCUT2D eigenvalue weighted by Gasteiger charge is -2.21. The van der Waals surface area contributed by atoms with Crippen molar-refractivity contribution in [3.8, 4) is 6.07 Å². The molecule has 0 aromatic heterocycles. The van der Waals surface area contributed by atoms with Crippen LogP contribution in [-0.2, 0) is 6.54 Å². The molecule has 2 rings (SSSR count). The fraction of sp³-hybridized carbons (Fsp3) is 0.462. The molecular weight excluding hydrogens is 219 g/mol. The number of rotatable bonds is 5. The van der Waals surface area contributed by atoms with E-state index in [1.807, 2.05) is 6.07 Å². The zero-order valence-electron chi connectivity index (χ0n) is 9.56. The van der Waals surface area contributed by atoms with Gasteiger partial charge in [-0.1, -0.05) is 6.07 Å². The fourth-order valence-electron chi connectivity index (χ4n) is 1.92. The normalized spacial score (nSPS) is 14.9. The molecule has 3 nitrogen and oxygen atoms in total. The van der Waals surface area contributed by atoms with Crippen molar-refractivity contribution in [1.82, 2.24) is 4.90 Å². The second-order valence-corrected chi connectivity index (χ2v) is 4.34. The van der Waals surface area contributed by atoms with Crippen molar-refractivity contribution in [3.63, 3.8) is 0 Å². The SMILES string of the molecule is N#Cc1ccc(CN(CCO)C2CC2)c(F)c1. The van der Waals surface area contributed by atoms with E-state index in [9.17, 15) is 4.39 Å². The van der Waals surface area contributed by atoms with Crippen LogP contribution in [0.25, 0.3) is 0 Å². The summed E-state index contributed by atoms with van der Waals surface area (Å²) in [5.41, 5.74) is 0.927. The van der Waals surface area contributed by atoms with E-state index in [4.69, 9.17) is 10.4 Å². The molecule has 1 aliphatic rings. The molecule has 0 amide bonds. The number of halogens is 1. The van der Waals surface area contributed by atoms with E-state index >= 15 is 0 Å². The van der Waals surface area contributed by atoms with Gasteiger partial charge in [-0.2, -0.15) is 5.26 Å². The zero-order chi connectivity index (χ0) is 12.3. The molecule has 4 heteroatoms. The minimum atomic E-state index is -0.340. The van der Waals surface area contributed by atoms with Crippen molar-refractivity contribution in [2.75, 3.05) is 13.2 Å². The minimum absolute atomic E-state index is 0.0917. The lowest BCUT2D eigenvalue weighted by Crippen LogP contribution is -2.29. The molecule has 1 aliphatic carbocycles. The van der Waals surface area contributed by atoms with E-state index < -0.39 is 0 Å². The molecule has 1 saturated carbocycles. The Morgan fingerprint density at radius 2 is 2.24 bits per heavy atom. The number of hydrogen-bond donors (Lipinski definition) is 1. The lowest BCUT2D eigenvalue weighted by atomic mass is 10.1. The third-order valence-corrected chi connectivity index (χ3v) is 3.01. The molecule has 17 heavy (non-hydrogen) atoms. The first-order valence-electron chi connectivity index (χ1n) is 5.78. The summed E-state index contributed by atoms with van der Waals surface area (Å²) in [7, 11) is 0. The highest BCUT2D eigenvalue weighted by Crippen LogP contribution is 2.28. The van der Waals surface area contributed by atoms with E-state index in [0.29, 0.717) is 30.3 Å². The first kappa shape index (κ1) is 12.0. The molecule has 0 unspecified atom stereocenters. The van der Waals surface area contributed by atoms with Crippen LogP contribution < -0.4 is 0 Å². The molecule has 0 saturated heterocycles. The van der Waals surface area contributed by atoms with Crippen LogP contribution in [0.15, 0.2) is 18.2 Å². The number of nitriles is 1. The number of nitrogens with zero attached hydrogens (tertiary/aromatic N) is 2. The van der Waals surface area contributed by atoms with Gasteiger partial charge in [0, 0.05) is 24.7 Å². The Labute approximate surface area is 100 Å². The molecular formula is C13H15FN2O. The van der Waals surface area contributed by atoms with E-state index in [-0.39, 0.29) is 12.4 Å². The smallest absolute Gasteiger partial charge is 0.129 e. The van der Waals surface area contributed by atoms with Gasteiger partial charge in [0.05, 0.1) is 18.2 Å². The third-order valence-electron chi connectivity index (χ3n) is 3.01. The van der Waals surface area contributed by atoms with Gasteiger partial charge in [-0.15, -0.1) is 0 Å². The maximum atomic E-state index is 13.7. The van der Waals surface area contributed by atoms with Crippen LogP contribution in [0, 0.1) is 17.1 Å². The van der Waals surface area contributed by atoms with Crippen LogP contribution in [-0.4, -0.2) is 29.2 Å². The maximum absolute atomic E-state index is 13.7. The number of aliphatic hydroxyl groups excluding tert-OH is 1. The maximum Gasteiger partial charge on any atom is 0.129 e. The van der Waals surface area contributed by atoms with Crippen molar-refractivity contribution in [1.29, 1.82) is 5.26 Å². The highest BCUT2D eigenvalue weighted by atomic mass is 19.1. The van der Waals surface area contributed by atoms with Crippen LogP contribution in [0.4, 0.5) is 4.39 Å². The summed E-state index contributed by atoms with van der Waals surface area (Å²) in [6.07, 6.45) is 2.25. The van der Waals surface area contributed by atoms with Crippen LogP contribution >= 0.6 is 0 Å². The van der Waals surface area contributed by atoms with Crippen LogP contribution in [0.3, 0.4) is 0 Å². The number of hydrogen-bond acceptors (Lipinski definition) is 3. The quantitative estimate of drug-likeness (QED) is 0.842. The first-order chi connectivity index (χ1) is 8.24. The van der Waals surface area contributed by atoms with Crippen molar-refractivity contribution in [2.24, 2.45) is 0 Å². The Bertz CT molecular complexity index is 438. The van der Waals surface area contributed by atoms with Crippen LogP contribution in [0.2, 0.25) is 0 Å². The monoisotopic (exact) mass is 234 g/mol. The van der Waals surface area contributed by atoms with Crippen molar-refractivity contribution in [2.45, 2.75) is 25.4 Å². The Morgan fingerprint density at radius 1 is 1.47 bits per heavy atom. The molecule has 1 aromatic rings.